The topological polar surface area (TPSA) is 32.8 Å². The monoisotopic (exact) mass is 334 g/mol. The Kier molecular flexibility index (Phi) is 4.20. The molecule has 126 valence electrons. The standard InChI is InChI=1S/C18H26N2O2S/c1-14(21)20(11-15-3-9-23-13-15)17-10-18(17)4-6-19(7-5-18)16-2-8-22-12-16/h3,9,13,16-17H,2,4-8,10-12H2,1H3/t16-,17-/m0/s1. The van der Waals surface area contributed by atoms with Gasteiger partial charge in [0.25, 0.3) is 0 Å². The molecule has 1 aromatic rings. The summed E-state index contributed by atoms with van der Waals surface area (Å²) in [6.07, 6.45) is 4.86. The third kappa shape index (κ3) is 3.06. The molecule has 1 spiro atoms. The zero-order valence-corrected chi connectivity index (χ0v) is 14.7. The smallest absolute Gasteiger partial charge is 0.220 e. The maximum atomic E-state index is 12.2. The van der Waals surface area contributed by atoms with Gasteiger partial charge in [0.1, 0.15) is 0 Å². The van der Waals surface area contributed by atoms with Crippen LogP contribution < -0.4 is 0 Å². The third-order valence-electron chi connectivity index (χ3n) is 6.08. The van der Waals surface area contributed by atoms with E-state index in [2.05, 4.69) is 26.6 Å². The first kappa shape index (κ1) is 15.6. The molecular formula is C18H26N2O2S. The van der Waals surface area contributed by atoms with E-state index >= 15 is 0 Å². The number of thiophene rings is 1. The molecule has 2 aliphatic heterocycles. The van der Waals surface area contributed by atoms with Gasteiger partial charge in [0.15, 0.2) is 0 Å². The Bertz CT molecular complexity index is 545. The van der Waals surface area contributed by atoms with Crippen molar-refractivity contribution in [3.8, 4) is 0 Å². The van der Waals surface area contributed by atoms with Crippen molar-refractivity contribution in [3.63, 3.8) is 0 Å². The molecule has 1 saturated carbocycles. The van der Waals surface area contributed by atoms with E-state index in [0.29, 0.717) is 17.5 Å². The minimum absolute atomic E-state index is 0.227. The number of amides is 1. The van der Waals surface area contributed by atoms with Crippen molar-refractivity contribution >= 4 is 17.2 Å². The Hall–Kier alpha value is -0.910. The SMILES string of the molecule is CC(=O)N(Cc1ccsc1)[C@H]1CC12CCN([C@H]1CCOC1)CC2. The molecule has 1 aliphatic carbocycles. The predicted molar refractivity (Wildman–Crippen MR) is 91.4 cm³/mol. The highest BCUT2D eigenvalue weighted by Gasteiger charge is 2.58. The van der Waals surface area contributed by atoms with E-state index in [4.69, 9.17) is 4.74 Å². The molecule has 3 heterocycles. The van der Waals surface area contributed by atoms with Crippen LogP contribution in [0.2, 0.25) is 0 Å². The molecule has 0 unspecified atom stereocenters. The minimum atomic E-state index is 0.227. The summed E-state index contributed by atoms with van der Waals surface area (Å²) in [6.45, 7) is 6.69. The third-order valence-corrected chi connectivity index (χ3v) is 6.81. The van der Waals surface area contributed by atoms with E-state index in [-0.39, 0.29) is 5.91 Å². The predicted octanol–water partition coefficient (Wildman–Crippen LogP) is 2.74. The van der Waals surface area contributed by atoms with Crippen molar-refractivity contribution in [3.05, 3.63) is 22.4 Å². The summed E-state index contributed by atoms with van der Waals surface area (Å²) >= 11 is 1.71. The van der Waals surface area contributed by atoms with Crippen molar-refractivity contribution in [2.24, 2.45) is 5.41 Å². The molecule has 0 aromatic carbocycles. The molecule has 2 saturated heterocycles. The second-order valence-corrected chi connectivity index (χ2v) is 8.19. The van der Waals surface area contributed by atoms with E-state index in [1.807, 2.05) is 0 Å². The lowest BCUT2D eigenvalue weighted by molar-refractivity contribution is -0.130. The Morgan fingerprint density at radius 2 is 2.30 bits per heavy atom. The molecule has 4 nitrogen and oxygen atoms in total. The van der Waals surface area contributed by atoms with Gasteiger partial charge in [-0.3, -0.25) is 9.69 Å². The van der Waals surface area contributed by atoms with Crippen LogP contribution in [0.3, 0.4) is 0 Å². The Morgan fingerprint density at radius 1 is 1.48 bits per heavy atom. The number of piperidine rings is 1. The molecule has 4 rings (SSSR count). The second-order valence-electron chi connectivity index (χ2n) is 7.41. The van der Waals surface area contributed by atoms with Crippen LogP contribution in [0.4, 0.5) is 0 Å². The van der Waals surface area contributed by atoms with Crippen LogP contribution in [-0.4, -0.2) is 54.1 Å². The highest BCUT2D eigenvalue weighted by molar-refractivity contribution is 7.07. The molecule has 5 heteroatoms. The summed E-state index contributed by atoms with van der Waals surface area (Å²) in [5, 5.41) is 4.26. The van der Waals surface area contributed by atoms with Crippen LogP contribution in [0.1, 0.15) is 38.2 Å². The maximum absolute atomic E-state index is 12.2. The maximum Gasteiger partial charge on any atom is 0.220 e. The number of nitrogens with zero attached hydrogens (tertiary/aromatic N) is 2. The van der Waals surface area contributed by atoms with Crippen LogP contribution in [0.25, 0.3) is 0 Å². The fourth-order valence-corrected chi connectivity index (χ4v) is 5.13. The summed E-state index contributed by atoms with van der Waals surface area (Å²) in [5.41, 5.74) is 1.67. The molecule has 2 atom stereocenters. The average molecular weight is 334 g/mol. The van der Waals surface area contributed by atoms with Gasteiger partial charge in [-0.25, -0.2) is 0 Å². The molecule has 0 radical (unpaired) electrons. The molecule has 1 aromatic heterocycles. The lowest BCUT2D eigenvalue weighted by Crippen LogP contribution is -2.44. The van der Waals surface area contributed by atoms with Crippen molar-refractivity contribution in [1.29, 1.82) is 0 Å². The highest BCUT2D eigenvalue weighted by Crippen LogP contribution is 2.57. The molecule has 3 fully saturated rings. The van der Waals surface area contributed by atoms with E-state index < -0.39 is 0 Å². The summed E-state index contributed by atoms with van der Waals surface area (Å²) in [6, 6.07) is 3.24. The molecule has 3 aliphatic rings. The lowest BCUT2D eigenvalue weighted by atomic mass is 9.91. The van der Waals surface area contributed by atoms with Crippen molar-refractivity contribution in [1.82, 2.24) is 9.80 Å². The lowest BCUT2D eigenvalue weighted by Gasteiger charge is -2.37. The van der Waals surface area contributed by atoms with Crippen molar-refractivity contribution < 1.29 is 9.53 Å². The highest BCUT2D eigenvalue weighted by atomic mass is 32.1. The van der Waals surface area contributed by atoms with Gasteiger partial charge in [-0.15, -0.1) is 0 Å². The molecular weight excluding hydrogens is 308 g/mol. The van der Waals surface area contributed by atoms with Crippen LogP contribution in [0, 0.1) is 5.41 Å². The van der Waals surface area contributed by atoms with Crippen LogP contribution >= 0.6 is 11.3 Å². The molecule has 1 amide bonds. The summed E-state index contributed by atoms with van der Waals surface area (Å²) in [4.78, 5) is 16.9. The Morgan fingerprint density at radius 3 is 2.91 bits per heavy atom. The van der Waals surface area contributed by atoms with Gasteiger partial charge in [-0.2, -0.15) is 11.3 Å². The van der Waals surface area contributed by atoms with Gasteiger partial charge in [-0.05, 0) is 66.6 Å². The largest absolute Gasteiger partial charge is 0.380 e. The number of ether oxygens (including phenoxy) is 1. The summed E-state index contributed by atoms with van der Waals surface area (Å²) < 4.78 is 5.53. The zero-order chi connectivity index (χ0) is 15.9. The Labute approximate surface area is 142 Å². The summed E-state index contributed by atoms with van der Waals surface area (Å²) in [7, 11) is 0. The number of likely N-dealkylation sites (tertiary alicyclic amines) is 1. The van der Waals surface area contributed by atoms with Gasteiger partial charge in [0.2, 0.25) is 5.91 Å². The van der Waals surface area contributed by atoms with E-state index in [9.17, 15) is 4.79 Å². The average Bonchev–Trinajstić information content (AvgIpc) is 2.99. The van der Waals surface area contributed by atoms with Gasteiger partial charge in [0.05, 0.1) is 6.61 Å². The normalized spacial score (nSPS) is 29.8. The van der Waals surface area contributed by atoms with Crippen LogP contribution in [0.5, 0.6) is 0 Å². The van der Waals surface area contributed by atoms with E-state index in [1.54, 1.807) is 18.3 Å². The fourth-order valence-electron chi connectivity index (χ4n) is 4.47. The van der Waals surface area contributed by atoms with Gasteiger partial charge in [0, 0.05) is 32.2 Å². The quantitative estimate of drug-likeness (QED) is 0.849. The minimum Gasteiger partial charge on any atom is -0.380 e. The number of hydrogen-bond acceptors (Lipinski definition) is 4. The zero-order valence-electron chi connectivity index (χ0n) is 13.9. The van der Waals surface area contributed by atoms with Crippen molar-refractivity contribution in [2.45, 2.75) is 51.2 Å². The fraction of sp³-hybridized carbons (Fsp3) is 0.722. The van der Waals surface area contributed by atoms with Gasteiger partial charge >= 0.3 is 0 Å². The first-order valence-corrected chi connectivity index (χ1v) is 9.72. The second kappa shape index (κ2) is 6.19. The van der Waals surface area contributed by atoms with Crippen molar-refractivity contribution in [2.75, 3.05) is 26.3 Å². The van der Waals surface area contributed by atoms with Crippen LogP contribution in [-0.2, 0) is 16.1 Å². The number of carbonyl (C=O) groups excluding carboxylic acids is 1. The van der Waals surface area contributed by atoms with Gasteiger partial charge in [-0.1, -0.05) is 0 Å². The number of rotatable bonds is 4. The van der Waals surface area contributed by atoms with E-state index in [1.165, 1.54) is 44.3 Å². The number of hydrogen-bond donors (Lipinski definition) is 0. The molecule has 0 bridgehead atoms. The van der Waals surface area contributed by atoms with E-state index in [0.717, 1.165) is 19.8 Å². The Balaban J connectivity index is 1.37. The van der Waals surface area contributed by atoms with Gasteiger partial charge < -0.3 is 9.64 Å². The number of carbonyl (C=O) groups is 1. The van der Waals surface area contributed by atoms with Crippen LogP contribution in [0.15, 0.2) is 16.8 Å². The first-order valence-electron chi connectivity index (χ1n) is 8.78. The first-order chi connectivity index (χ1) is 11.2. The molecule has 0 N–H and O–H groups in total. The molecule has 23 heavy (non-hydrogen) atoms. The summed E-state index contributed by atoms with van der Waals surface area (Å²) in [5.74, 6) is 0.227.